The fourth-order valence-corrected chi connectivity index (χ4v) is 2.36. The summed E-state index contributed by atoms with van der Waals surface area (Å²) in [5.74, 6) is -1.32. The van der Waals surface area contributed by atoms with Crippen molar-refractivity contribution in [3.05, 3.63) is 47.8 Å². The molecule has 6 nitrogen and oxygen atoms in total. The number of aromatic carboxylic acids is 1. The molecule has 1 amide bonds. The summed E-state index contributed by atoms with van der Waals surface area (Å²) < 4.78 is 30.3. The number of carboxylic acid groups (broad SMARTS) is 1. The van der Waals surface area contributed by atoms with Gasteiger partial charge in [0.2, 0.25) is 6.43 Å². The number of carbonyl (C=O) groups excluding carboxylic acids is 1. The fourth-order valence-electron chi connectivity index (χ4n) is 2.36. The molecule has 8 heteroatoms. The molecular weight excluding hydrogens is 382 g/mol. The minimum absolute atomic E-state index is 0.0477. The third kappa shape index (κ3) is 7.85. The first kappa shape index (κ1) is 24.0. The van der Waals surface area contributed by atoms with Crippen molar-refractivity contribution in [1.29, 1.82) is 0 Å². The van der Waals surface area contributed by atoms with Crippen LogP contribution >= 0.6 is 0 Å². The highest BCUT2D eigenvalue weighted by atomic mass is 19.3. The van der Waals surface area contributed by atoms with E-state index in [9.17, 15) is 23.5 Å². The van der Waals surface area contributed by atoms with Gasteiger partial charge in [-0.15, -0.1) is 0 Å². The van der Waals surface area contributed by atoms with Crippen molar-refractivity contribution in [3.8, 4) is 11.1 Å². The predicted octanol–water partition coefficient (Wildman–Crippen LogP) is 5.63. The van der Waals surface area contributed by atoms with Crippen LogP contribution in [0.15, 0.2) is 36.5 Å². The highest BCUT2D eigenvalue weighted by Gasteiger charge is 2.20. The summed E-state index contributed by atoms with van der Waals surface area (Å²) >= 11 is 0. The smallest absolute Gasteiger partial charge is 0.412 e. The van der Waals surface area contributed by atoms with E-state index < -0.39 is 30.5 Å². The monoisotopic (exact) mass is 408 g/mol. The zero-order valence-corrected chi connectivity index (χ0v) is 17.1. The first-order valence-electron chi connectivity index (χ1n) is 9.16. The van der Waals surface area contributed by atoms with Gasteiger partial charge in [0.25, 0.3) is 0 Å². The Morgan fingerprint density at radius 3 is 2.38 bits per heavy atom. The molecule has 1 aromatic carbocycles. The summed E-state index contributed by atoms with van der Waals surface area (Å²) in [6.07, 6.45) is -2.38. The van der Waals surface area contributed by atoms with Gasteiger partial charge in [0.05, 0.1) is 5.69 Å². The number of alkyl halides is 2. The maximum absolute atomic E-state index is 12.6. The molecular formula is C21H26F2N2O4. The molecule has 0 fully saturated rings. The number of ether oxygens (including phenoxy) is 1. The van der Waals surface area contributed by atoms with Crippen molar-refractivity contribution in [3.63, 3.8) is 0 Å². The van der Waals surface area contributed by atoms with Gasteiger partial charge >= 0.3 is 12.1 Å². The summed E-state index contributed by atoms with van der Waals surface area (Å²) in [5, 5.41) is 11.7. The van der Waals surface area contributed by atoms with E-state index in [-0.39, 0.29) is 11.4 Å². The van der Waals surface area contributed by atoms with E-state index in [0.29, 0.717) is 16.7 Å². The molecule has 0 aliphatic carbocycles. The van der Waals surface area contributed by atoms with Gasteiger partial charge in [0.15, 0.2) is 5.69 Å². The van der Waals surface area contributed by atoms with Crippen LogP contribution in [0.4, 0.5) is 19.3 Å². The minimum Gasteiger partial charge on any atom is -0.476 e. The van der Waals surface area contributed by atoms with Crippen LogP contribution in [0.2, 0.25) is 0 Å². The van der Waals surface area contributed by atoms with Gasteiger partial charge in [0, 0.05) is 18.2 Å². The lowest BCUT2D eigenvalue weighted by Crippen LogP contribution is -2.28. The van der Waals surface area contributed by atoms with Gasteiger partial charge in [-0.25, -0.2) is 23.4 Å². The zero-order valence-electron chi connectivity index (χ0n) is 17.1. The number of nitrogens with one attached hydrogen (secondary N) is 1. The molecule has 0 aliphatic heterocycles. The summed E-state index contributed by atoms with van der Waals surface area (Å²) in [4.78, 5) is 27.2. The number of rotatable bonds is 5. The van der Waals surface area contributed by atoms with Crippen molar-refractivity contribution in [1.82, 2.24) is 4.98 Å². The highest BCUT2D eigenvalue weighted by Crippen LogP contribution is 2.26. The minimum atomic E-state index is -2.47. The number of halogens is 2. The molecule has 2 rings (SSSR count). The number of hydrogen-bond acceptors (Lipinski definition) is 4. The van der Waals surface area contributed by atoms with E-state index in [1.54, 1.807) is 45.0 Å². The Kier molecular flexibility index (Phi) is 8.69. The highest BCUT2D eigenvalue weighted by molar-refractivity contribution is 5.98. The summed E-state index contributed by atoms with van der Waals surface area (Å²) in [7, 11) is 0. The first-order chi connectivity index (χ1) is 13.5. The maximum atomic E-state index is 12.6. The molecule has 1 heterocycles. The second-order valence-corrected chi connectivity index (χ2v) is 6.85. The van der Waals surface area contributed by atoms with Crippen molar-refractivity contribution >= 4 is 17.7 Å². The Balaban J connectivity index is 0.00000204. The normalized spacial score (nSPS) is 10.8. The third-order valence-corrected chi connectivity index (χ3v) is 3.38. The van der Waals surface area contributed by atoms with E-state index in [4.69, 9.17) is 4.74 Å². The lowest BCUT2D eigenvalue weighted by Gasteiger charge is -2.20. The lowest BCUT2D eigenvalue weighted by molar-refractivity contribution is 0.0635. The van der Waals surface area contributed by atoms with Gasteiger partial charge in [0.1, 0.15) is 5.60 Å². The van der Waals surface area contributed by atoms with Crippen LogP contribution in [-0.2, 0) is 11.2 Å². The molecule has 2 N–H and O–H groups in total. The molecule has 0 unspecified atom stereocenters. The van der Waals surface area contributed by atoms with Crippen molar-refractivity contribution in [2.75, 3.05) is 5.32 Å². The van der Waals surface area contributed by atoms with Crippen LogP contribution in [0.25, 0.3) is 11.1 Å². The van der Waals surface area contributed by atoms with Gasteiger partial charge < -0.3 is 9.84 Å². The molecule has 0 atom stereocenters. The average molecular weight is 408 g/mol. The quantitative estimate of drug-likeness (QED) is 0.670. The van der Waals surface area contributed by atoms with E-state index in [2.05, 4.69) is 10.3 Å². The Labute approximate surface area is 168 Å². The van der Waals surface area contributed by atoms with E-state index >= 15 is 0 Å². The number of pyridine rings is 1. The number of carboxylic acids is 1. The lowest BCUT2D eigenvalue weighted by atomic mass is 10.0. The predicted molar refractivity (Wildman–Crippen MR) is 108 cm³/mol. The topological polar surface area (TPSA) is 88.5 Å². The molecule has 29 heavy (non-hydrogen) atoms. The standard InChI is InChI=1S/C19H20F2N2O4.C2H6/c1-19(2,3)27-18(26)23-14-9-13(10-22-16(14)17(24)25)12-6-4-5-11(7-12)8-15(20)21;1-2/h4-7,9-10,15H,8H2,1-3H3,(H,23,26)(H,24,25);1-2H3. The van der Waals surface area contributed by atoms with E-state index in [0.717, 1.165) is 0 Å². The third-order valence-electron chi connectivity index (χ3n) is 3.38. The van der Waals surface area contributed by atoms with Gasteiger partial charge in [-0.05, 0) is 38.0 Å². The van der Waals surface area contributed by atoms with Crippen LogP contribution in [0.1, 0.15) is 50.7 Å². The molecule has 0 spiro atoms. The van der Waals surface area contributed by atoms with Crippen molar-refractivity contribution < 1.29 is 28.2 Å². The number of amides is 1. The zero-order chi connectivity index (χ0) is 22.2. The average Bonchev–Trinajstić information content (AvgIpc) is 2.61. The first-order valence-corrected chi connectivity index (χ1v) is 9.16. The molecule has 0 radical (unpaired) electrons. The number of carbonyl (C=O) groups is 2. The van der Waals surface area contributed by atoms with E-state index in [1.165, 1.54) is 12.3 Å². The number of benzene rings is 1. The Morgan fingerprint density at radius 1 is 1.17 bits per heavy atom. The Bertz CT molecular complexity index is 849. The second-order valence-electron chi connectivity index (χ2n) is 6.85. The second kappa shape index (κ2) is 10.5. The van der Waals surface area contributed by atoms with E-state index in [1.807, 2.05) is 13.8 Å². The van der Waals surface area contributed by atoms with Crippen LogP contribution in [0, 0.1) is 0 Å². The largest absolute Gasteiger partial charge is 0.476 e. The summed E-state index contributed by atoms with van der Waals surface area (Å²) in [5.41, 5.74) is 0.322. The SMILES string of the molecule is CC.CC(C)(C)OC(=O)Nc1cc(-c2cccc(CC(F)F)c2)cnc1C(=O)O. The number of aromatic nitrogens is 1. The number of hydrogen-bond donors (Lipinski definition) is 2. The van der Waals surface area contributed by atoms with Gasteiger partial charge in [-0.2, -0.15) is 0 Å². The summed E-state index contributed by atoms with van der Waals surface area (Å²) in [6, 6.07) is 7.88. The molecule has 2 aromatic rings. The number of nitrogens with zero attached hydrogens (tertiary/aromatic N) is 1. The summed E-state index contributed by atoms with van der Waals surface area (Å²) in [6.45, 7) is 9.02. The molecule has 0 saturated heterocycles. The van der Waals surface area contributed by atoms with Gasteiger partial charge in [-0.1, -0.05) is 38.1 Å². The molecule has 1 aromatic heterocycles. The van der Waals surface area contributed by atoms with Crippen LogP contribution in [-0.4, -0.2) is 34.2 Å². The molecule has 158 valence electrons. The Hall–Kier alpha value is -3.03. The molecule has 0 aliphatic rings. The van der Waals surface area contributed by atoms with Gasteiger partial charge in [-0.3, -0.25) is 5.32 Å². The Morgan fingerprint density at radius 2 is 1.83 bits per heavy atom. The maximum Gasteiger partial charge on any atom is 0.412 e. The fraction of sp³-hybridized carbons (Fsp3) is 0.381. The van der Waals surface area contributed by atoms with Crippen molar-refractivity contribution in [2.45, 2.75) is 53.1 Å². The van der Waals surface area contributed by atoms with Crippen LogP contribution < -0.4 is 5.32 Å². The number of anilines is 1. The molecule has 0 saturated carbocycles. The molecule has 0 bridgehead atoms. The van der Waals surface area contributed by atoms with Crippen LogP contribution in [0.5, 0.6) is 0 Å². The van der Waals surface area contributed by atoms with Crippen molar-refractivity contribution in [2.24, 2.45) is 0 Å². The van der Waals surface area contributed by atoms with Crippen LogP contribution in [0.3, 0.4) is 0 Å².